The summed E-state index contributed by atoms with van der Waals surface area (Å²) in [7, 11) is 1.34. The molecule has 1 aromatic carbocycles. The minimum absolute atomic E-state index is 0.0165. The van der Waals surface area contributed by atoms with Crippen LogP contribution in [-0.2, 0) is 11.2 Å². The van der Waals surface area contributed by atoms with Gasteiger partial charge in [0.2, 0.25) is 5.91 Å². The number of Topliss-reactive ketones (excluding diaryl/α,β-unsaturated/α-hetero) is 1. The van der Waals surface area contributed by atoms with Crippen LogP contribution in [0.4, 0.5) is 10.1 Å². The van der Waals surface area contributed by atoms with E-state index in [1.165, 1.54) is 7.11 Å². The molecule has 0 aliphatic heterocycles. The summed E-state index contributed by atoms with van der Waals surface area (Å²) in [6.07, 6.45) is 0.857. The van der Waals surface area contributed by atoms with Crippen LogP contribution in [0.25, 0.3) is 0 Å². The maximum Gasteiger partial charge on any atom is 0.218 e. The Morgan fingerprint density at radius 3 is 2.84 bits per heavy atom. The van der Waals surface area contributed by atoms with Gasteiger partial charge in [-0.05, 0) is 12.8 Å². The Kier molecular flexibility index (Phi) is 3.42. The Morgan fingerprint density at radius 2 is 2.26 bits per heavy atom. The van der Waals surface area contributed by atoms with Crippen molar-refractivity contribution in [1.29, 1.82) is 0 Å². The number of carbonyl (C=O) groups is 2. The first-order chi connectivity index (χ1) is 8.95. The second-order valence-electron chi connectivity index (χ2n) is 4.60. The first-order valence-corrected chi connectivity index (χ1v) is 5.93. The largest absolute Gasteiger partial charge is 0.493 e. The number of benzene rings is 1. The molecule has 4 N–H and O–H groups in total. The average molecular weight is 266 g/mol. The van der Waals surface area contributed by atoms with E-state index in [1.54, 1.807) is 0 Å². The van der Waals surface area contributed by atoms with Crippen molar-refractivity contribution in [2.75, 3.05) is 12.8 Å². The van der Waals surface area contributed by atoms with E-state index in [0.717, 1.165) is 6.07 Å². The summed E-state index contributed by atoms with van der Waals surface area (Å²) in [6, 6.07) is 1.07. The summed E-state index contributed by atoms with van der Waals surface area (Å²) in [5.74, 6) is -1.82. The standard InChI is InChI=1S/C13H15FN2O3/c1-19-13-7-3-2-6(4-10(16)17)12(18)11(7)9(15)5-8(13)14/h5-6H,2-4,15H2,1H3,(H2,16,17). The Bertz CT molecular complexity index is 557. The van der Waals surface area contributed by atoms with Crippen LogP contribution in [-0.4, -0.2) is 18.8 Å². The third-order valence-corrected chi connectivity index (χ3v) is 3.38. The fraction of sp³-hybridized carbons (Fsp3) is 0.385. The van der Waals surface area contributed by atoms with E-state index in [9.17, 15) is 14.0 Å². The van der Waals surface area contributed by atoms with Crippen LogP contribution in [0.15, 0.2) is 6.07 Å². The number of hydrogen-bond donors (Lipinski definition) is 2. The van der Waals surface area contributed by atoms with Crippen LogP contribution in [0.2, 0.25) is 0 Å². The van der Waals surface area contributed by atoms with Gasteiger partial charge in [0.1, 0.15) is 0 Å². The quantitative estimate of drug-likeness (QED) is 0.799. The van der Waals surface area contributed by atoms with Crippen molar-refractivity contribution in [2.45, 2.75) is 19.3 Å². The minimum Gasteiger partial charge on any atom is -0.493 e. The Hall–Kier alpha value is -2.11. The first kappa shape index (κ1) is 13.3. The predicted octanol–water partition coefficient (Wildman–Crippen LogP) is 1.04. The monoisotopic (exact) mass is 266 g/mol. The van der Waals surface area contributed by atoms with Gasteiger partial charge in [0.05, 0.1) is 7.11 Å². The van der Waals surface area contributed by atoms with Gasteiger partial charge in [-0.2, -0.15) is 0 Å². The van der Waals surface area contributed by atoms with E-state index in [1.807, 2.05) is 0 Å². The van der Waals surface area contributed by atoms with Gasteiger partial charge in [0.15, 0.2) is 17.3 Å². The van der Waals surface area contributed by atoms with E-state index < -0.39 is 17.6 Å². The van der Waals surface area contributed by atoms with Gasteiger partial charge < -0.3 is 16.2 Å². The number of nitrogens with two attached hydrogens (primary N) is 2. The molecule has 0 aromatic heterocycles. The molecule has 1 amide bonds. The van der Waals surface area contributed by atoms with Crippen LogP contribution >= 0.6 is 0 Å². The summed E-state index contributed by atoms with van der Waals surface area (Å²) in [6.45, 7) is 0. The molecular weight excluding hydrogens is 251 g/mol. The molecule has 6 heteroatoms. The number of halogens is 1. The summed E-state index contributed by atoms with van der Waals surface area (Å²) in [5.41, 5.74) is 11.6. The molecule has 5 nitrogen and oxygen atoms in total. The lowest BCUT2D eigenvalue weighted by atomic mass is 9.79. The molecule has 1 aromatic rings. The van der Waals surface area contributed by atoms with Gasteiger partial charge in [-0.15, -0.1) is 0 Å². The van der Waals surface area contributed by atoms with Crippen LogP contribution in [0.5, 0.6) is 5.75 Å². The summed E-state index contributed by atoms with van der Waals surface area (Å²) >= 11 is 0. The smallest absolute Gasteiger partial charge is 0.218 e. The van der Waals surface area contributed by atoms with E-state index in [2.05, 4.69) is 0 Å². The number of primary amides is 1. The van der Waals surface area contributed by atoms with Gasteiger partial charge in [-0.25, -0.2) is 4.39 Å². The van der Waals surface area contributed by atoms with Crippen molar-refractivity contribution in [1.82, 2.24) is 0 Å². The molecule has 2 rings (SSSR count). The van der Waals surface area contributed by atoms with Crippen LogP contribution in [0.1, 0.15) is 28.8 Å². The zero-order valence-corrected chi connectivity index (χ0v) is 10.5. The van der Waals surface area contributed by atoms with Gasteiger partial charge in [0.25, 0.3) is 0 Å². The van der Waals surface area contributed by atoms with Crippen molar-refractivity contribution in [3.63, 3.8) is 0 Å². The molecule has 0 fully saturated rings. The number of hydrogen-bond acceptors (Lipinski definition) is 4. The molecule has 0 spiro atoms. The maximum atomic E-state index is 13.7. The van der Waals surface area contributed by atoms with Crippen molar-refractivity contribution < 1.29 is 18.7 Å². The molecule has 1 aliphatic rings. The number of methoxy groups -OCH3 is 1. The molecule has 1 atom stereocenters. The highest BCUT2D eigenvalue weighted by Crippen LogP contribution is 2.38. The highest BCUT2D eigenvalue weighted by molar-refractivity contribution is 6.06. The van der Waals surface area contributed by atoms with Crippen molar-refractivity contribution in [3.8, 4) is 5.75 Å². The Morgan fingerprint density at radius 1 is 1.58 bits per heavy atom. The number of carbonyl (C=O) groups excluding carboxylic acids is 2. The first-order valence-electron chi connectivity index (χ1n) is 5.93. The lowest BCUT2D eigenvalue weighted by Gasteiger charge is -2.25. The predicted molar refractivity (Wildman–Crippen MR) is 67.3 cm³/mol. The Labute approximate surface area is 109 Å². The normalized spacial score (nSPS) is 18.0. The maximum absolute atomic E-state index is 13.7. The molecule has 0 heterocycles. The van der Waals surface area contributed by atoms with Crippen LogP contribution < -0.4 is 16.2 Å². The number of anilines is 1. The highest BCUT2D eigenvalue weighted by atomic mass is 19.1. The lowest BCUT2D eigenvalue weighted by molar-refractivity contribution is -0.118. The minimum atomic E-state index is -0.583. The summed E-state index contributed by atoms with van der Waals surface area (Å²) < 4.78 is 18.7. The van der Waals surface area contributed by atoms with Crippen molar-refractivity contribution >= 4 is 17.4 Å². The summed E-state index contributed by atoms with van der Waals surface area (Å²) in [4.78, 5) is 23.2. The Balaban J connectivity index is 2.49. The SMILES string of the molecule is COc1c(F)cc(N)c2c1CCC(CC(N)=O)C2=O. The van der Waals surface area contributed by atoms with Crippen LogP contribution in [0, 0.1) is 11.7 Å². The highest BCUT2D eigenvalue weighted by Gasteiger charge is 2.33. The number of rotatable bonds is 3. The number of amides is 1. The zero-order chi connectivity index (χ0) is 14.2. The van der Waals surface area contributed by atoms with E-state index in [4.69, 9.17) is 16.2 Å². The fourth-order valence-corrected chi connectivity index (χ4v) is 2.55. The van der Waals surface area contributed by atoms with E-state index in [0.29, 0.717) is 18.4 Å². The second kappa shape index (κ2) is 4.87. The lowest BCUT2D eigenvalue weighted by Crippen LogP contribution is -2.28. The van der Waals surface area contributed by atoms with Crippen molar-refractivity contribution in [2.24, 2.45) is 11.7 Å². The molecule has 0 saturated carbocycles. The molecule has 0 bridgehead atoms. The van der Waals surface area contributed by atoms with E-state index >= 15 is 0 Å². The van der Waals surface area contributed by atoms with Gasteiger partial charge >= 0.3 is 0 Å². The van der Waals surface area contributed by atoms with Gasteiger partial charge in [-0.3, -0.25) is 9.59 Å². The number of ether oxygens (including phenoxy) is 1. The topological polar surface area (TPSA) is 95.4 Å². The second-order valence-corrected chi connectivity index (χ2v) is 4.60. The van der Waals surface area contributed by atoms with Crippen LogP contribution in [0.3, 0.4) is 0 Å². The summed E-state index contributed by atoms with van der Waals surface area (Å²) in [5, 5.41) is 0. The molecule has 1 unspecified atom stereocenters. The van der Waals surface area contributed by atoms with Crippen molar-refractivity contribution in [3.05, 3.63) is 23.0 Å². The molecule has 1 aliphatic carbocycles. The third-order valence-electron chi connectivity index (χ3n) is 3.38. The van der Waals surface area contributed by atoms with E-state index in [-0.39, 0.29) is 29.2 Å². The fourth-order valence-electron chi connectivity index (χ4n) is 2.55. The average Bonchev–Trinajstić information content (AvgIpc) is 2.32. The number of ketones is 1. The zero-order valence-electron chi connectivity index (χ0n) is 10.5. The third kappa shape index (κ3) is 2.25. The van der Waals surface area contributed by atoms with Gasteiger partial charge in [0, 0.05) is 35.2 Å². The number of fused-ring (bicyclic) bond motifs is 1. The molecule has 19 heavy (non-hydrogen) atoms. The molecule has 0 radical (unpaired) electrons. The molecule has 102 valence electrons. The van der Waals surface area contributed by atoms with Gasteiger partial charge in [-0.1, -0.05) is 0 Å². The molecular formula is C13H15FN2O3. The number of nitrogen functional groups attached to an aromatic ring is 1. The molecule has 0 saturated heterocycles.